The summed E-state index contributed by atoms with van der Waals surface area (Å²) in [4.78, 5) is 33.4. The standard InChI is InChI=1S/C24H30N4O2S/c29-23(22-6-3-17-31-22)27-15-8-18(9-16-27)7-12-26-13-10-19(11-14-26)28-21-5-2-1-4-20(21)25-24(28)30/h1-6,17-19H,7-16H2,(H,25,30). The lowest BCUT2D eigenvalue weighted by Crippen LogP contribution is -2.40. The third-order valence-corrected chi connectivity index (χ3v) is 7.89. The van der Waals surface area contributed by atoms with Gasteiger partial charge in [-0.15, -0.1) is 11.3 Å². The van der Waals surface area contributed by atoms with Crippen LogP contribution in [0.2, 0.25) is 0 Å². The van der Waals surface area contributed by atoms with Gasteiger partial charge in [0.25, 0.3) is 5.91 Å². The van der Waals surface area contributed by atoms with Gasteiger partial charge in [0.2, 0.25) is 0 Å². The fourth-order valence-corrected chi connectivity index (χ4v) is 5.87. The molecule has 1 aromatic carbocycles. The van der Waals surface area contributed by atoms with Crippen LogP contribution in [0.1, 0.15) is 47.8 Å². The van der Waals surface area contributed by atoms with E-state index in [9.17, 15) is 9.59 Å². The number of nitrogens with zero attached hydrogens (tertiary/aromatic N) is 3. The molecule has 1 N–H and O–H groups in total. The number of hydrogen-bond donors (Lipinski definition) is 1. The number of carbonyl (C=O) groups is 1. The number of aromatic nitrogens is 2. The van der Waals surface area contributed by atoms with E-state index < -0.39 is 0 Å². The third-order valence-electron chi connectivity index (χ3n) is 7.03. The maximum Gasteiger partial charge on any atom is 0.326 e. The first-order valence-corrected chi connectivity index (χ1v) is 12.3. The van der Waals surface area contributed by atoms with Crippen LogP contribution in [0.25, 0.3) is 11.0 Å². The summed E-state index contributed by atoms with van der Waals surface area (Å²) < 4.78 is 1.97. The number of aromatic amines is 1. The first-order chi connectivity index (χ1) is 15.2. The SMILES string of the molecule is O=C(c1cccs1)N1CCC(CCN2CCC(n3c(=O)[nH]c4ccccc43)CC2)CC1. The van der Waals surface area contributed by atoms with Gasteiger partial charge in [0, 0.05) is 32.2 Å². The van der Waals surface area contributed by atoms with Crippen LogP contribution in [-0.2, 0) is 0 Å². The van der Waals surface area contributed by atoms with Crippen molar-refractivity contribution in [1.82, 2.24) is 19.4 Å². The summed E-state index contributed by atoms with van der Waals surface area (Å²) in [6.07, 6.45) is 5.47. The van der Waals surface area contributed by atoms with Gasteiger partial charge >= 0.3 is 5.69 Å². The average molecular weight is 439 g/mol. The summed E-state index contributed by atoms with van der Waals surface area (Å²) in [5, 5.41) is 1.97. The Morgan fingerprint density at radius 3 is 2.52 bits per heavy atom. The molecule has 0 atom stereocenters. The number of fused-ring (bicyclic) bond motifs is 1. The normalized spacial score (nSPS) is 19.3. The van der Waals surface area contributed by atoms with Crippen molar-refractivity contribution >= 4 is 28.3 Å². The molecule has 2 aromatic heterocycles. The van der Waals surface area contributed by atoms with Crippen LogP contribution in [0.3, 0.4) is 0 Å². The molecule has 2 aliphatic rings. The number of hydrogen-bond acceptors (Lipinski definition) is 4. The zero-order valence-corrected chi connectivity index (χ0v) is 18.7. The summed E-state index contributed by atoms with van der Waals surface area (Å²) in [6, 6.07) is 12.1. The molecule has 0 radical (unpaired) electrons. The molecule has 2 saturated heterocycles. The molecule has 0 spiro atoms. The number of likely N-dealkylation sites (tertiary alicyclic amines) is 2. The number of thiophene rings is 1. The first-order valence-electron chi connectivity index (χ1n) is 11.4. The number of amides is 1. The fourth-order valence-electron chi connectivity index (χ4n) is 5.18. The van der Waals surface area contributed by atoms with Gasteiger partial charge in [-0.05, 0) is 68.1 Å². The summed E-state index contributed by atoms with van der Waals surface area (Å²) in [6.45, 7) is 4.98. The van der Waals surface area contributed by atoms with Crippen molar-refractivity contribution in [2.45, 2.75) is 38.1 Å². The largest absolute Gasteiger partial charge is 0.338 e. The van der Waals surface area contributed by atoms with Crippen molar-refractivity contribution in [3.63, 3.8) is 0 Å². The monoisotopic (exact) mass is 438 g/mol. The Kier molecular flexibility index (Phi) is 5.96. The van der Waals surface area contributed by atoms with Gasteiger partial charge in [-0.1, -0.05) is 18.2 Å². The molecule has 4 heterocycles. The second-order valence-corrected chi connectivity index (χ2v) is 9.84. The topological polar surface area (TPSA) is 61.3 Å². The molecule has 0 saturated carbocycles. The maximum atomic E-state index is 12.5. The molecule has 31 heavy (non-hydrogen) atoms. The minimum absolute atomic E-state index is 0.0171. The molecule has 2 aliphatic heterocycles. The molecular weight excluding hydrogens is 408 g/mol. The number of carbonyl (C=O) groups excluding carboxylic acids is 1. The number of piperidine rings is 2. The van der Waals surface area contributed by atoms with E-state index in [4.69, 9.17) is 0 Å². The van der Waals surface area contributed by atoms with Crippen molar-refractivity contribution in [3.8, 4) is 0 Å². The molecule has 7 heteroatoms. The lowest BCUT2D eigenvalue weighted by atomic mass is 9.92. The molecule has 5 rings (SSSR count). The lowest BCUT2D eigenvalue weighted by Gasteiger charge is -2.35. The summed E-state index contributed by atoms with van der Waals surface area (Å²) >= 11 is 1.53. The van der Waals surface area contributed by atoms with Gasteiger partial charge in [-0.25, -0.2) is 4.79 Å². The van der Waals surface area contributed by atoms with Gasteiger partial charge in [0.1, 0.15) is 0 Å². The van der Waals surface area contributed by atoms with E-state index in [1.807, 2.05) is 51.2 Å². The second-order valence-electron chi connectivity index (χ2n) is 8.89. The predicted octanol–water partition coefficient (Wildman–Crippen LogP) is 3.97. The molecule has 164 valence electrons. The second kappa shape index (κ2) is 9.01. The van der Waals surface area contributed by atoms with Gasteiger partial charge in [-0.3, -0.25) is 9.36 Å². The van der Waals surface area contributed by atoms with Crippen LogP contribution in [-0.4, -0.2) is 58.0 Å². The zero-order valence-electron chi connectivity index (χ0n) is 17.8. The molecule has 2 fully saturated rings. The lowest BCUT2D eigenvalue weighted by molar-refractivity contribution is 0.0682. The molecule has 0 bridgehead atoms. The van der Waals surface area contributed by atoms with Crippen molar-refractivity contribution in [2.75, 3.05) is 32.7 Å². The summed E-state index contributed by atoms with van der Waals surface area (Å²) in [5.41, 5.74) is 1.97. The quantitative estimate of drug-likeness (QED) is 0.656. The van der Waals surface area contributed by atoms with Gasteiger partial charge in [0.15, 0.2) is 0 Å². The molecule has 0 unspecified atom stereocenters. The van der Waals surface area contributed by atoms with E-state index in [1.165, 1.54) is 17.8 Å². The first kappa shape index (κ1) is 20.5. The van der Waals surface area contributed by atoms with E-state index >= 15 is 0 Å². The highest BCUT2D eigenvalue weighted by molar-refractivity contribution is 7.12. The average Bonchev–Trinajstić information content (AvgIpc) is 3.45. The Labute approximate surface area is 186 Å². The zero-order chi connectivity index (χ0) is 21.2. The Morgan fingerprint density at radius 2 is 1.77 bits per heavy atom. The Hall–Kier alpha value is -2.38. The summed E-state index contributed by atoms with van der Waals surface area (Å²) in [7, 11) is 0. The summed E-state index contributed by atoms with van der Waals surface area (Å²) in [5.74, 6) is 0.907. The van der Waals surface area contributed by atoms with Crippen LogP contribution in [0, 0.1) is 5.92 Å². The number of para-hydroxylation sites is 2. The Bertz CT molecular complexity index is 1070. The fraction of sp³-hybridized carbons (Fsp3) is 0.500. The molecule has 3 aromatic rings. The van der Waals surface area contributed by atoms with Crippen LogP contribution in [0.4, 0.5) is 0 Å². The van der Waals surface area contributed by atoms with Crippen LogP contribution in [0.5, 0.6) is 0 Å². The van der Waals surface area contributed by atoms with E-state index in [1.54, 1.807) is 0 Å². The van der Waals surface area contributed by atoms with Gasteiger partial charge < -0.3 is 14.8 Å². The molecular formula is C24H30N4O2S. The highest BCUT2D eigenvalue weighted by Crippen LogP contribution is 2.27. The number of H-pyrrole nitrogens is 1. The van der Waals surface area contributed by atoms with Crippen molar-refractivity contribution in [3.05, 3.63) is 57.1 Å². The third kappa shape index (κ3) is 4.34. The van der Waals surface area contributed by atoms with Gasteiger partial charge in [-0.2, -0.15) is 0 Å². The Morgan fingerprint density at radius 1 is 1.00 bits per heavy atom. The smallest absolute Gasteiger partial charge is 0.326 e. The highest BCUT2D eigenvalue weighted by Gasteiger charge is 2.26. The number of imidazole rings is 1. The maximum absolute atomic E-state index is 12.5. The minimum atomic E-state index is 0.0171. The number of benzene rings is 1. The van der Waals surface area contributed by atoms with Gasteiger partial charge in [0.05, 0.1) is 15.9 Å². The molecule has 0 aliphatic carbocycles. The van der Waals surface area contributed by atoms with E-state index in [0.717, 1.165) is 74.3 Å². The number of nitrogens with one attached hydrogen (secondary N) is 1. The van der Waals surface area contributed by atoms with Crippen molar-refractivity contribution < 1.29 is 4.79 Å². The molecule has 1 amide bonds. The predicted molar refractivity (Wildman–Crippen MR) is 125 cm³/mol. The van der Waals surface area contributed by atoms with E-state index in [0.29, 0.717) is 5.92 Å². The van der Waals surface area contributed by atoms with Crippen molar-refractivity contribution in [2.24, 2.45) is 5.92 Å². The van der Waals surface area contributed by atoms with Crippen molar-refractivity contribution in [1.29, 1.82) is 0 Å². The minimum Gasteiger partial charge on any atom is -0.338 e. The van der Waals surface area contributed by atoms with Crippen LogP contribution < -0.4 is 5.69 Å². The van der Waals surface area contributed by atoms with Crippen LogP contribution in [0.15, 0.2) is 46.6 Å². The molecule has 6 nitrogen and oxygen atoms in total. The van der Waals surface area contributed by atoms with E-state index in [-0.39, 0.29) is 17.6 Å². The van der Waals surface area contributed by atoms with Crippen LogP contribution >= 0.6 is 11.3 Å². The van der Waals surface area contributed by atoms with E-state index in [2.05, 4.69) is 9.88 Å². The number of rotatable bonds is 5. The highest BCUT2D eigenvalue weighted by atomic mass is 32.1. The Balaban J connectivity index is 1.08.